The molecule has 1 fully saturated rings. The number of hydrogen-bond donors (Lipinski definition) is 3. The summed E-state index contributed by atoms with van der Waals surface area (Å²) in [4.78, 5) is 25.6. The van der Waals surface area contributed by atoms with Crippen LogP contribution in [0.1, 0.15) is 43.2 Å². The first-order valence-corrected chi connectivity index (χ1v) is 14.4. The highest BCUT2D eigenvalue weighted by Gasteiger charge is 2.34. The number of alkyl halides is 4. The number of piperidine rings is 1. The van der Waals surface area contributed by atoms with Crippen molar-refractivity contribution in [1.29, 1.82) is 0 Å². The number of anilines is 2. The van der Waals surface area contributed by atoms with Gasteiger partial charge in [-0.05, 0) is 69.5 Å². The Balaban J connectivity index is 1.54. The first-order chi connectivity index (χ1) is 21.2. The molecule has 0 bridgehead atoms. The van der Waals surface area contributed by atoms with E-state index in [0.29, 0.717) is 33.6 Å². The standard InChI is InChI=1S/C32H37F4N5O4/c1-31(2,3)45-30(43)40-15-13-25(23(33)18-40)39-24-9-6-10-27-22(24)17-21(41(27)19-32(34,35)36)8-7-14-38-26-12-11-20(29(42)37-4)16-28(26)44-5/h6,9-12,16-17,23,25,38-39H,13-15,18-19H2,1-5H3,(H,37,42)/t23-,25-/m0/s1. The second-order valence-electron chi connectivity index (χ2n) is 11.6. The van der Waals surface area contributed by atoms with E-state index < -0.39 is 36.6 Å². The van der Waals surface area contributed by atoms with Crippen molar-refractivity contribution in [3.8, 4) is 17.6 Å². The second kappa shape index (κ2) is 13.6. The van der Waals surface area contributed by atoms with Crippen LogP contribution >= 0.6 is 0 Å². The van der Waals surface area contributed by atoms with Gasteiger partial charge in [-0.15, -0.1) is 0 Å². The van der Waals surface area contributed by atoms with Crippen molar-refractivity contribution in [1.82, 2.24) is 14.8 Å². The number of hydrogen-bond acceptors (Lipinski definition) is 6. The minimum absolute atomic E-state index is 0.0775. The van der Waals surface area contributed by atoms with Crippen molar-refractivity contribution < 1.29 is 36.6 Å². The molecule has 13 heteroatoms. The molecule has 1 aromatic heterocycles. The lowest BCUT2D eigenvalue weighted by atomic mass is 10.0. The Bertz CT molecular complexity index is 1600. The molecule has 0 unspecified atom stereocenters. The van der Waals surface area contributed by atoms with Crippen LogP contribution < -0.4 is 20.7 Å². The number of aromatic nitrogens is 1. The van der Waals surface area contributed by atoms with Crippen LogP contribution in [0.2, 0.25) is 0 Å². The van der Waals surface area contributed by atoms with E-state index in [9.17, 15) is 22.8 Å². The number of rotatable bonds is 7. The fourth-order valence-electron chi connectivity index (χ4n) is 5.02. The Morgan fingerprint density at radius 2 is 1.84 bits per heavy atom. The van der Waals surface area contributed by atoms with Gasteiger partial charge in [0.05, 0.1) is 43.1 Å². The third-order valence-corrected chi connectivity index (χ3v) is 7.09. The number of amides is 2. The number of nitrogens with zero attached hydrogens (tertiary/aromatic N) is 2. The van der Waals surface area contributed by atoms with E-state index in [1.54, 1.807) is 63.2 Å². The molecule has 1 aliphatic heterocycles. The molecule has 1 aliphatic rings. The SMILES string of the molecule is CNC(=O)c1ccc(NCC#Cc2cc3c(N[C@H]4CCN(C(=O)OC(C)(C)C)C[C@@H]4F)cccc3n2CC(F)(F)F)c(OC)c1. The predicted molar refractivity (Wildman–Crippen MR) is 164 cm³/mol. The summed E-state index contributed by atoms with van der Waals surface area (Å²) in [6.45, 7) is 4.12. The molecule has 0 saturated carbocycles. The molecule has 3 aromatic rings. The van der Waals surface area contributed by atoms with Crippen LogP contribution in [0.5, 0.6) is 5.75 Å². The summed E-state index contributed by atoms with van der Waals surface area (Å²) >= 11 is 0. The lowest BCUT2D eigenvalue weighted by molar-refractivity contribution is -0.140. The highest BCUT2D eigenvalue weighted by molar-refractivity contribution is 5.95. The fraction of sp³-hybridized carbons (Fsp3) is 0.438. The molecule has 0 radical (unpaired) electrons. The summed E-state index contributed by atoms with van der Waals surface area (Å²) in [5.74, 6) is 5.82. The lowest BCUT2D eigenvalue weighted by Gasteiger charge is -2.36. The van der Waals surface area contributed by atoms with E-state index in [4.69, 9.17) is 9.47 Å². The third-order valence-electron chi connectivity index (χ3n) is 7.09. The number of carbonyl (C=O) groups is 2. The van der Waals surface area contributed by atoms with Gasteiger partial charge in [0.1, 0.15) is 24.1 Å². The molecule has 2 atom stereocenters. The fourth-order valence-corrected chi connectivity index (χ4v) is 5.02. The van der Waals surface area contributed by atoms with E-state index in [-0.39, 0.29) is 37.7 Å². The quantitative estimate of drug-likeness (QED) is 0.226. The van der Waals surface area contributed by atoms with Crippen LogP contribution in [0, 0.1) is 11.8 Å². The topological polar surface area (TPSA) is 96.9 Å². The highest BCUT2D eigenvalue weighted by atomic mass is 19.4. The van der Waals surface area contributed by atoms with Crippen molar-refractivity contribution in [3.63, 3.8) is 0 Å². The molecule has 242 valence electrons. The van der Waals surface area contributed by atoms with E-state index in [1.807, 2.05) is 0 Å². The minimum atomic E-state index is -4.51. The van der Waals surface area contributed by atoms with Gasteiger partial charge in [-0.2, -0.15) is 13.2 Å². The first-order valence-electron chi connectivity index (χ1n) is 14.4. The molecule has 0 aliphatic carbocycles. The summed E-state index contributed by atoms with van der Waals surface area (Å²) < 4.78 is 67.9. The maximum absolute atomic E-state index is 15.2. The van der Waals surface area contributed by atoms with Gasteiger partial charge in [0.25, 0.3) is 5.91 Å². The van der Waals surface area contributed by atoms with Crippen LogP contribution in [-0.4, -0.2) is 79.3 Å². The molecular formula is C32H37F4N5O4. The van der Waals surface area contributed by atoms with Gasteiger partial charge in [0, 0.05) is 30.2 Å². The van der Waals surface area contributed by atoms with Crippen molar-refractivity contribution >= 4 is 34.3 Å². The van der Waals surface area contributed by atoms with E-state index in [2.05, 4.69) is 27.8 Å². The monoisotopic (exact) mass is 631 g/mol. The average molecular weight is 632 g/mol. The number of methoxy groups -OCH3 is 1. The Morgan fingerprint density at radius 3 is 2.49 bits per heavy atom. The summed E-state index contributed by atoms with van der Waals surface area (Å²) in [6.07, 6.45) is -6.24. The Kier molecular flexibility index (Phi) is 10.1. The van der Waals surface area contributed by atoms with Gasteiger partial charge in [0.2, 0.25) is 0 Å². The molecular weight excluding hydrogens is 594 g/mol. The predicted octanol–water partition coefficient (Wildman–Crippen LogP) is 5.79. The van der Waals surface area contributed by atoms with Crippen LogP contribution in [0.4, 0.5) is 33.7 Å². The molecule has 45 heavy (non-hydrogen) atoms. The van der Waals surface area contributed by atoms with Crippen LogP contribution in [-0.2, 0) is 11.3 Å². The molecule has 4 rings (SSSR count). The molecule has 2 amide bonds. The summed E-state index contributed by atoms with van der Waals surface area (Å²) in [6, 6.07) is 10.6. The minimum Gasteiger partial charge on any atom is -0.495 e. The maximum Gasteiger partial charge on any atom is 0.410 e. The van der Waals surface area contributed by atoms with Gasteiger partial charge in [0.15, 0.2) is 0 Å². The molecule has 9 nitrogen and oxygen atoms in total. The number of carbonyl (C=O) groups excluding carboxylic acids is 2. The zero-order chi connectivity index (χ0) is 32.9. The largest absolute Gasteiger partial charge is 0.495 e. The van der Waals surface area contributed by atoms with Crippen LogP contribution in [0.15, 0.2) is 42.5 Å². The van der Waals surface area contributed by atoms with Gasteiger partial charge >= 0.3 is 12.3 Å². The number of fused-ring (bicyclic) bond motifs is 1. The summed E-state index contributed by atoms with van der Waals surface area (Å²) in [5.41, 5.74) is 1.15. The van der Waals surface area contributed by atoms with Gasteiger partial charge in [-0.25, -0.2) is 9.18 Å². The van der Waals surface area contributed by atoms with E-state index in [1.165, 1.54) is 19.1 Å². The average Bonchev–Trinajstić information content (AvgIpc) is 3.31. The van der Waals surface area contributed by atoms with Gasteiger partial charge in [-0.3, -0.25) is 4.79 Å². The molecule has 1 saturated heterocycles. The van der Waals surface area contributed by atoms with Crippen LogP contribution in [0.25, 0.3) is 10.9 Å². The number of ether oxygens (including phenoxy) is 2. The zero-order valence-corrected chi connectivity index (χ0v) is 25.8. The Morgan fingerprint density at radius 1 is 1.09 bits per heavy atom. The van der Waals surface area contributed by atoms with Crippen LogP contribution in [0.3, 0.4) is 0 Å². The highest BCUT2D eigenvalue weighted by Crippen LogP contribution is 2.32. The smallest absolute Gasteiger partial charge is 0.410 e. The zero-order valence-electron chi connectivity index (χ0n) is 25.8. The third kappa shape index (κ3) is 8.53. The molecule has 2 aromatic carbocycles. The molecule has 3 N–H and O–H groups in total. The second-order valence-corrected chi connectivity index (χ2v) is 11.6. The lowest BCUT2D eigenvalue weighted by Crippen LogP contribution is -2.51. The first kappa shape index (κ1) is 33.3. The van der Waals surface area contributed by atoms with Crippen molar-refractivity contribution in [3.05, 3.63) is 53.7 Å². The van der Waals surface area contributed by atoms with Gasteiger partial charge < -0.3 is 34.9 Å². The molecule has 2 heterocycles. The van der Waals surface area contributed by atoms with Crippen molar-refractivity contribution in [2.75, 3.05) is 44.4 Å². The van der Waals surface area contributed by atoms with Crippen molar-refractivity contribution in [2.24, 2.45) is 0 Å². The van der Waals surface area contributed by atoms with Crippen molar-refractivity contribution in [2.45, 2.75) is 57.7 Å². The Labute approximate surface area is 259 Å². The number of benzene rings is 2. The number of likely N-dealkylation sites (tertiary alicyclic amines) is 1. The maximum atomic E-state index is 15.2. The Hall–Kier alpha value is -4.60. The van der Waals surface area contributed by atoms with E-state index >= 15 is 4.39 Å². The normalized spacial score (nSPS) is 16.9. The van der Waals surface area contributed by atoms with Gasteiger partial charge in [-0.1, -0.05) is 12.0 Å². The summed E-state index contributed by atoms with van der Waals surface area (Å²) in [7, 11) is 2.97. The number of halogens is 4. The van der Waals surface area contributed by atoms with E-state index in [0.717, 1.165) is 4.57 Å². The molecule has 0 spiro atoms. The number of nitrogens with one attached hydrogen (secondary N) is 3. The summed E-state index contributed by atoms with van der Waals surface area (Å²) in [5, 5.41) is 9.21.